The molecular formula is C20H20ClN3OS. The first-order chi connectivity index (χ1) is 12.6. The monoisotopic (exact) mass is 385 g/mol. The third kappa shape index (κ3) is 2.99. The van der Waals surface area contributed by atoms with Crippen LogP contribution in [0.4, 0.5) is 11.4 Å². The molecule has 0 unspecified atom stereocenters. The topological polar surface area (TPSA) is 49.9 Å². The van der Waals surface area contributed by atoms with Gasteiger partial charge in [-0.15, -0.1) is 5.11 Å². The molecule has 3 aromatic rings. The SMILES string of the molecule is CCc1ccc2c(c1)c(N=Nc1ccc(C)c(Cl)c1)c(O)n2C1CSC1. The second kappa shape index (κ2) is 6.97. The first kappa shape index (κ1) is 17.4. The number of rotatable bonds is 4. The lowest BCUT2D eigenvalue weighted by molar-refractivity contribution is 0.406. The van der Waals surface area contributed by atoms with Crippen molar-refractivity contribution in [3.63, 3.8) is 0 Å². The molecule has 0 atom stereocenters. The normalized spacial score (nSPS) is 15.0. The molecule has 1 fully saturated rings. The van der Waals surface area contributed by atoms with Gasteiger partial charge in [-0.2, -0.15) is 16.9 Å². The third-order valence-corrected chi connectivity index (χ3v) is 6.48. The van der Waals surface area contributed by atoms with E-state index in [-0.39, 0.29) is 5.88 Å². The predicted octanol–water partition coefficient (Wildman–Crippen LogP) is 6.57. The molecule has 0 spiro atoms. The van der Waals surface area contributed by atoms with Crippen LogP contribution in [-0.2, 0) is 6.42 Å². The summed E-state index contributed by atoms with van der Waals surface area (Å²) in [5.74, 6) is 2.22. The maximum Gasteiger partial charge on any atom is 0.221 e. The van der Waals surface area contributed by atoms with Crippen LogP contribution in [0.2, 0.25) is 5.02 Å². The summed E-state index contributed by atoms with van der Waals surface area (Å²) in [5, 5.41) is 21.2. The molecule has 6 heteroatoms. The van der Waals surface area contributed by atoms with Crippen LogP contribution in [0.15, 0.2) is 46.6 Å². The Morgan fingerprint density at radius 1 is 1.19 bits per heavy atom. The van der Waals surface area contributed by atoms with Crippen molar-refractivity contribution < 1.29 is 5.11 Å². The van der Waals surface area contributed by atoms with Gasteiger partial charge in [0.2, 0.25) is 5.88 Å². The molecule has 1 aliphatic rings. The molecule has 0 aliphatic carbocycles. The molecule has 134 valence electrons. The summed E-state index contributed by atoms with van der Waals surface area (Å²) in [6.45, 7) is 4.07. The van der Waals surface area contributed by atoms with Crippen molar-refractivity contribution in [3.8, 4) is 5.88 Å². The predicted molar refractivity (Wildman–Crippen MR) is 110 cm³/mol. The molecule has 1 aromatic heterocycles. The lowest BCUT2D eigenvalue weighted by Gasteiger charge is -2.27. The summed E-state index contributed by atoms with van der Waals surface area (Å²) in [7, 11) is 0. The van der Waals surface area contributed by atoms with E-state index in [2.05, 4.69) is 35.4 Å². The van der Waals surface area contributed by atoms with E-state index in [1.807, 2.05) is 35.4 Å². The molecule has 4 nitrogen and oxygen atoms in total. The Balaban J connectivity index is 1.83. The van der Waals surface area contributed by atoms with Crippen LogP contribution in [-0.4, -0.2) is 21.2 Å². The van der Waals surface area contributed by atoms with E-state index in [1.54, 1.807) is 6.07 Å². The molecule has 0 saturated carbocycles. The highest BCUT2D eigenvalue weighted by atomic mass is 35.5. The van der Waals surface area contributed by atoms with Gasteiger partial charge in [-0.05, 0) is 48.7 Å². The Morgan fingerprint density at radius 2 is 2.00 bits per heavy atom. The number of fused-ring (bicyclic) bond motifs is 1. The highest BCUT2D eigenvalue weighted by molar-refractivity contribution is 8.00. The highest BCUT2D eigenvalue weighted by Gasteiger charge is 2.27. The van der Waals surface area contributed by atoms with E-state index in [0.29, 0.717) is 22.4 Å². The van der Waals surface area contributed by atoms with E-state index in [9.17, 15) is 5.11 Å². The minimum Gasteiger partial charge on any atom is -0.493 e. The minimum atomic E-state index is 0.195. The maximum absolute atomic E-state index is 10.9. The molecule has 1 N–H and O–H groups in total. The van der Waals surface area contributed by atoms with Gasteiger partial charge in [0, 0.05) is 21.9 Å². The van der Waals surface area contributed by atoms with Crippen molar-refractivity contribution in [3.05, 3.63) is 52.5 Å². The third-order valence-electron chi connectivity index (χ3n) is 4.83. The fourth-order valence-corrected chi connectivity index (χ4v) is 4.06. The van der Waals surface area contributed by atoms with Crippen LogP contribution < -0.4 is 0 Å². The number of aromatic hydroxyl groups is 1. The molecule has 0 amide bonds. The second-order valence-corrected chi connectivity index (χ2v) is 8.05. The number of azo groups is 1. The average molecular weight is 386 g/mol. The molecule has 2 aromatic carbocycles. The Hall–Kier alpha value is -1.98. The quantitative estimate of drug-likeness (QED) is 0.516. The molecule has 1 aliphatic heterocycles. The van der Waals surface area contributed by atoms with Gasteiger partial charge in [-0.1, -0.05) is 30.7 Å². The summed E-state index contributed by atoms with van der Waals surface area (Å²) < 4.78 is 2.00. The van der Waals surface area contributed by atoms with Gasteiger partial charge in [0.05, 0.1) is 17.2 Å². The lowest BCUT2D eigenvalue weighted by Crippen LogP contribution is -2.22. The molecule has 0 bridgehead atoms. The Labute approximate surface area is 161 Å². The maximum atomic E-state index is 10.9. The zero-order valence-corrected chi connectivity index (χ0v) is 16.3. The minimum absolute atomic E-state index is 0.195. The number of hydrogen-bond acceptors (Lipinski definition) is 4. The van der Waals surface area contributed by atoms with Gasteiger partial charge >= 0.3 is 0 Å². The van der Waals surface area contributed by atoms with Gasteiger partial charge in [0.15, 0.2) is 5.69 Å². The van der Waals surface area contributed by atoms with Crippen LogP contribution in [0.25, 0.3) is 10.9 Å². The van der Waals surface area contributed by atoms with E-state index in [1.165, 1.54) is 5.56 Å². The zero-order valence-electron chi connectivity index (χ0n) is 14.7. The largest absolute Gasteiger partial charge is 0.493 e. The van der Waals surface area contributed by atoms with Crippen LogP contribution in [0.1, 0.15) is 24.1 Å². The molecule has 2 heterocycles. The summed E-state index contributed by atoms with van der Waals surface area (Å²) in [6.07, 6.45) is 0.936. The number of thioether (sulfide) groups is 1. The fraction of sp³-hybridized carbons (Fsp3) is 0.300. The van der Waals surface area contributed by atoms with E-state index in [0.717, 1.165) is 34.4 Å². The number of aromatic nitrogens is 1. The van der Waals surface area contributed by atoms with Crippen molar-refractivity contribution in [1.82, 2.24) is 4.57 Å². The zero-order chi connectivity index (χ0) is 18.3. The fourth-order valence-electron chi connectivity index (χ4n) is 3.14. The average Bonchev–Trinajstić information content (AvgIpc) is 2.86. The lowest BCUT2D eigenvalue weighted by atomic mass is 10.1. The first-order valence-corrected chi connectivity index (χ1v) is 10.2. The molecule has 4 rings (SSSR count). The number of halogens is 1. The summed E-state index contributed by atoms with van der Waals surface area (Å²) >= 11 is 8.06. The Bertz CT molecular complexity index is 1010. The van der Waals surface area contributed by atoms with Crippen LogP contribution >= 0.6 is 23.4 Å². The van der Waals surface area contributed by atoms with Gasteiger partial charge in [0.25, 0.3) is 0 Å². The highest BCUT2D eigenvalue weighted by Crippen LogP contribution is 2.45. The van der Waals surface area contributed by atoms with Gasteiger partial charge in [-0.25, -0.2) is 0 Å². The molecule has 0 radical (unpaired) electrons. The van der Waals surface area contributed by atoms with E-state index < -0.39 is 0 Å². The van der Waals surface area contributed by atoms with Crippen molar-refractivity contribution in [2.24, 2.45) is 10.2 Å². The number of benzene rings is 2. The smallest absolute Gasteiger partial charge is 0.221 e. The van der Waals surface area contributed by atoms with Crippen LogP contribution in [0, 0.1) is 6.92 Å². The standard InChI is InChI=1S/C20H20ClN3OS/c1-3-13-5-7-18-16(8-13)19(20(25)24(18)15-10-26-11-15)23-22-14-6-4-12(2)17(21)9-14/h4-9,15,25H,3,10-11H2,1-2H3. The number of hydrogen-bond donors (Lipinski definition) is 1. The molecular weight excluding hydrogens is 366 g/mol. The Morgan fingerprint density at radius 3 is 2.65 bits per heavy atom. The summed E-state index contributed by atoms with van der Waals surface area (Å²) in [4.78, 5) is 0. The van der Waals surface area contributed by atoms with Gasteiger partial charge in [0.1, 0.15) is 0 Å². The van der Waals surface area contributed by atoms with Crippen molar-refractivity contribution in [2.75, 3.05) is 11.5 Å². The molecule has 1 saturated heterocycles. The van der Waals surface area contributed by atoms with Gasteiger partial charge in [-0.3, -0.25) is 0 Å². The Kier molecular flexibility index (Phi) is 4.67. The molecule has 26 heavy (non-hydrogen) atoms. The summed E-state index contributed by atoms with van der Waals surface area (Å²) in [6, 6.07) is 12.2. The number of aryl methyl sites for hydroxylation is 2. The van der Waals surface area contributed by atoms with Crippen LogP contribution in [0.5, 0.6) is 5.88 Å². The summed E-state index contributed by atoms with van der Waals surface area (Å²) in [5.41, 5.74) is 4.43. The number of nitrogens with zero attached hydrogens (tertiary/aromatic N) is 3. The van der Waals surface area contributed by atoms with Crippen molar-refractivity contribution in [2.45, 2.75) is 26.3 Å². The first-order valence-electron chi connectivity index (χ1n) is 8.70. The van der Waals surface area contributed by atoms with Crippen molar-refractivity contribution in [1.29, 1.82) is 0 Å². The second-order valence-electron chi connectivity index (χ2n) is 6.57. The van der Waals surface area contributed by atoms with Gasteiger partial charge < -0.3 is 9.67 Å². The van der Waals surface area contributed by atoms with Crippen molar-refractivity contribution >= 4 is 45.6 Å². The van der Waals surface area contributed by atoms with E-state index >= 15 is 0 Å². The van der Waals surface area contributed by atoms with E-state index in [4.69, 9.17) is 11.6 Å². The van der Waals surface area contributed by atoms with Crippen LogP contribution in [0.3, 0.4) is 0 Å².